The fraction of sp³-hybridized carbons (Fsp3) is 0.516. The number of H-pyrrole nitrogens is 1. The van der Waals surface area contributed by atoms with Crippen LogP contribution >= 0.6 is 0 Å². The van der Waals surface area contributed by atoms with Crippen LogP contribution in [0.25, 0.3) is 22.3 Å². The van der Waals surface area contributed by atoms with Crippen LogP contribution in [0.4, 0.5) is 13.2 Å². The fourth-order valence-corrected chi connectivity index (χ4v) is 6.90. The number of fused-ring (bicyclic) bond motifs is 1. The van der Waals surface area contributed by atoms with Crippen LogP contribution in [0.15, 0.2) is 54.4 Å². The number of carbonyl (C=O) groups is 1. The minimum atomic E-state index is -4.60. The second kappa shape index (κ2) is 12.7. The lowest BCUT2D eigenvalue weighted by atomic mass is 9.81. The number of nitrogens with zero attached hydrogens (tertiary/aromatic N) is 7. The van der Waals surface area contributed by atoms with Gasteiger partial charge < -0.3 is 15.4 Å². The summed E-state index contributed by atoms with van der Waals surface area (Å²) in [5.41, 5.74) is 1.25. The van der Waals surface area contributed by atoms with Crippen LogP contribution in [0.5, 0.6) is 0 Å². The molecule has 2 saturated heterocycles. The Balaban J connectivity index is 1.07. The van der Waals surface area contributed by atoms with E-state index in [4.69, 9.17) is 0 Å². The zero-order chi connectivity index (χ0) is 31.6. The lowest BCUT2D eigenvalue weighted by Crippen LogP contribution is -2.65. The first-order valence-electron chi connectivity index (χ1n) is 15.2. The highest BCUT2D eigenvalue weighted by Gasteiger charge is 2.48. The summed E-state index contributed by atoms with van der Waals surface area (Å²) < 4.78 is 44.0. The summed E-state index contributed by atoms with van der Waals surface area (Å²) in [6, 6.07) is 4.09. The van der Waals surface area contributed by atoms with Gasteiger partial charge in [-0.15, -0.1) is 0 Å². The van der Waals surface area contributed by atoms with E-state index in [0.29, 0.717) is 51.7 Å². The smallest absolute Gasteiger partial charge is 0.392 e. The molecule has 1 aliphatic carbocycles. The Morgan fingerprint density at radius 1 is 1.22 bits per heavy atom. The Morgan fingerprint density at radius 2 is 2.02 bits per heavy atom. The minimum Gasteiger partial charge on any atom is -0.392 e. The number of alkyl halides is 3. The lowest BCUT2D eigenvalue weighted by molar-refractivity contribution is -0.104. The van der Waals surface area contributed by atoms with Gasteiger partial charge in [0.2, 0.25) is 0 Å². The van der Waals surface area contributed by atoms with Crippen LogP contribution in [-0.4, -0.2) is 103 Å². The number of aldehydes is 1. The van der Waals surface area contributed by atoms with Crippen LogP contribution in [-0.2, 0) is 10.3 Å². The van der Waals surface area contributed by atoms with Crippen molar-refractivity contribution in [2.75, 3.05) is 32.7 Å². The first-order chi connectivity index (χ1) is 21.7. The highest BCUT2D eigenvalue weighted by molar-refractivity contribution is 5.90. The van der Waals surface area contributed by atoms with E-state index in [1.54, 1.807) is 6.20 Å². The molecular formula is C31H36F3N9O2. The van der Waals surface area contributed by atoms with Crippen molar-refractivity contribution in [3.63, 3.8) is 0 Å². The highest BCUT2D eigenvalue weighted by Crippen LogP contribution is 2.39. The maximum absolute atomic E-state index is 14.1. The molecule has 3 aliphatic rings. The van der Waals surface area contributed by atoms with E-state index in [1.807, 2.05) is 28.0 Å². The van der Waals surface area contributed by atoms with E-state index in [1.165, 1.54) is 6.33 Å². The Morgan fingerprint density at radius 3 is 2.71 bits per heavy atom. The first kappa shape index (κ1) is 30.9. The van der Waals surface area contributed by atoms with Gasteiger partial charge in [0.05, 0.1) is 30.5 Å². The number of hydrogen-bond acceptors (Lipinski definition) is 9. The standard InChI is InChI=1S/C31H36F3N9O2/c32-31(33,34)27(13-21(7-12-44)15-41-11-6-25(45)17-41)40-23-1-3-24(4-2-23)42-18-30(19-42,8-9-35)43-16-22(14-39-43)28-26-5-10-36-29(26)38-20-37-28/h5,7,10,12-14,16,20,23-25,40,45H,1-4,6,8,11,15,17-19H2,(H,36,37,38). The molecule has 1 saturated carbocycles. The predicted octanol–water partition coefficient (Wildman–Crippen LogP) is 3.28. The summed E-state index contributed by atoms with van der Waals surface area (Å²) in [6.07, 6.45) is 8.00. The van der Waals surface area contributed by atoms with Gasteiger partial charge in [-0.25, -0.2) is 9.97 Å². The number of likely N-dealkylation sites (tertiary alicyclic amines) is 2. The van der Waals surface area contributed by atoms with Crippen LogP contribution in [0, 0.1) is 11.3 Å². The molecule has 0 amide bonds. The number of carbonyl (C=O) groups excluding carboxylic acids is 1. The topological polar surface area (TPSA) is 139 Å². The number of halogens is 3. The summed E-state index contributed by atoms with van der Waals surface area (Å²) in [6.45, 7) is 2.36. The second-order valence-electron chi connectivity index (χ2n) is 12.4. The normalized spacial score (nSPS) is 24.8. The molecule has 14 heteroatoms. The number of aliphatic hydroxyl groups excluding tert-OH is 1. The quantitative estimate of drug-likeness (QED) is 0.176. The summed E-state index contributed by atoms with van der Waals surface area (Å²) in [5, 5.41) is 27.7. The molecule has 1 atom stereocenters. The molecule has 3 aromatic rings. The molecule has 0 aromatic carbocycles. The zero-order valence-corrected chi connectivity index (χ0v) is 24.7. The van der Waals surface area contributed by atoms with Gasteiger partial charge in [0.25, 0.3) is 0 Å². The van der Waals surface area contributed by atoms with Gasteiger partial charge >= 0.3 is 6.18 Å². The summed E-state index contributed by atoms with van der Waals surface area (Å²) in [5.74, 6) is 0. The molecule has 3 aromatic heterocycles. The van der Waals surface area contributed by atoms with Gasteiger partial charge in [0, 0.05) is 68.2 Å². The third-order valence-electron chi connectivity index (χ3n) is 9.24. The lowest BCUT2D eigenvalue weighted by Gasteiger charge is -2.53. The van der Waals surface area contributed by atoms with E-state index < -0.39 is 23.5 Å². The van der Waals surface area contributed by atoms with Gasteiger partial charge in [-0.1, -0.05) is 0 Å². The van der Waals surface area contributed by atoms with Gasteiger partial charge in [-0.3, -0.25) is 19.3 Å². The molecule has 0 bridgehead atoms. The van der Waals surface area contributed by atoms with Crippen molar-refractivity contribution in [1.82, 2.24) is 39.8 Å². The number of allylic oxidation sites excluding steroid dienone is 2. The van der Waals surface area contributed by atoms with Crippen molar-refractivity contribution in [3.8, 4) is 17.3 Å². The molecule has 5 heterocycles. The van der Waals surface area contributed by atoms with Gasteiger partial charge in [-0.05, 0) is 55.9 Å². The Labute approximate surface area is 258 Å². The van der Waals surface area contributed by atoms with Crippen molar-refractivity contribution < 1.29 is 23.1 Å². The molecule has 238 valence electrons. The number of β-amino-alcohol motifs (C(OH)–C–C–N with tert-alkyl or cyclic N) is 1. The summed E-state index contributed by atoms with van der Waals surface area (Å²) in [4.78, 5) is 27.1. The summed E-state index contributed by atoms with van der Waals surface area (Å²) in [7, 11) is 0. The molecule has 0 radical (unpaired) electrons. The van der Waals surface area contributed by atoms with Crippen molar-refractivity contribution in [2.24, 2.45) is 0 Å². The van der Waals surface area contributed by atoms with Gasteiger partial charge in [0.1, 0.15) is 29.5 Å². The average Bonchev–Trinajstić information content (AvgIpc) is 3.76. The molecule has 11 nitrogen and oxygen atoms in total. The molecule has 1 unspecified atom stereocenters. The molecule has 6 rings (SSSR count). The first-order valence-corrected chi connectivity index (χ1v) is 15.2. The molecule has 45 heavy (non-hydrogen) atoms. The maximum Gasteiger partial charge on any atom is 0.430 e. The monoisotopic (exact) mass is 623 g/mol. The van der Waals surface area contributed by atoms with Gasteiger partial charge in [-0.2, -0.15) is 23.5 Å². The molecule has 0 spiro atoms. The number of hydrogen-bond donors (Lipinski definition) is 3. The molecular weight excluding hydrogens is 587 g/mol. The Hall–Kier alpha value is -4.06. The predicted molar refractivity (Wildman–Crippen MR) is 159 cm³/mol. The van der Waals surface area contributed by atoms with Crippen LogP contribution in [0.1, 0.15) is 38.5 Å². The SMILES string of the molecule is N#CCC1(n2cc(-c3ncnc4[nH]ccc34)cn2)CN(C2CCC(NC(=CC(=CC=O)CN3CCC(O)C3)C(F)(F)F)CC2)C1. The van der Waals surface area contributed by atoms with Crippen LogP contribution in [0.3, 0.4) is 0 Å². The number of nitriles is 1. The molecule has 3 fully saturated rings. The number of aromatic nitrogens is 5. The Kier molecular flexibility index (Phi) is 8.76. The molecule has 2 aliphatic heterocycles. The van der Waals surface area contributed by atoms with E-state index in [9.17, 15) is 28.3 Å². The second-order valence-corrected chi connectivity index (χ2v) is 12.4. The van der Waals surface area contributed by atoms with E-state index in [2.05, 4.69) is 36.3 Å². The highest BCUT2D eigenvalue weighted by atomic mass is 19.4. The summed E-state index contributed by atoms with van der Waals surface area (Å²) >= 11 is 0. The van der Waals surface area contributed by atoms with E-state index in [-0.39, 0.29) is 30.6 Å². The van der Waals surface area contributed by atoms with Crippen molar-refractivity contribution >= 4 is 17.3 Å². The maximum atomic E-state index is 14.1. The van der Waals surface area contributed by atoms with Crippen LogP contribution < -0.4 is 5.32 Å². The molecule has 3 N–H and O–H groups in total. The number of aromatic amines is 1. The van der Waals surface area contributed by atoms with E-state index in [0.717, 1.165) is 47.3 Å². The fourth-order valence-electron chi connectivity index (χ4n) is 6.90. The average molecular weight is 624 g/mol. The number of aliphatic hydroxyl groups is 1. The van der Waals surface area contributed by atoms with Crippen LogP contribution in [0.2, 0.25) is 0 Å². The Bertz CT molecular complexity index is 1610. The third-order valence-corrected chi connectivity index (χ3v) is 9.24. The zero-order valence-electron chi connectivity index (χ0n) is 24.7. The van der Waals surface area contributed by atoms with Crippen molar-refractivity contribution in [1.29, 1.82) is 5.26 Å². The minimum absolute atomic E-state index is 0.163. The number of rotatable bonds is 10. The van der Waals surface area contributed by atoms with Gasteiger partial charge in [0.15, 0.2) is 0 Å². The number of nitrogens with one attached hydrogen (secondary N) is 2. The largest absolute Gasteiger partial charge is 0.430 e. The van der Waals surface area contributed by atoms with E-state index >= 15 is 0 Å². The third kappa shape index (κ3) is 6.66. The van der Waals surface area contributed by atoms with Crippen molar-refractivity contribution in [3.05, 3.63) is 54.4 Å². The van der Waals surface area contributed by atoms with Crippen molar-refractivity contribution in [2.45, 2.75) is 68.4 Å².